The van der Waals surface area contributed by atoms with Gasteiger partial charge in [-0.2, -0.15) is 0 Å². The first kappa shape index (κ1) is 20.0. The molecule has 4 rings (SSSR count). The third-order valence-electron chi connectivity index (χ3n) is 6.38. The zero-order valence-electron chi connectivity index (χ0n) is 16.3. The van der Waals surface area contributed by atoms with Crippen molar-refractivity contribution in [1.29, 1.82) is 0 Å². The molecule has 3 amide bonds. The van der Waals surface area contributed by atoms with Crippen molar-refractivity contribution in [3.63, 3.8) is 0 Å². The summed E-state index contributed by atoms with van der Waals surface area (Å²) in [4.78, 5) is 61.1. The number of carbonyl (C=O) groups excluding carboxylic acids is 4. The second kappa shape index (κ2) is 7.51. The first-order valence-electron chi connectivity index (χ1n) is 9.85. The van der Waals surface area contributed by atoms with Crippen molar-refractivity contribution in [1.82, 2.24) is 4.90 Å². The van der Waals surface area contributed by atoms with Crippen LogP contribution in [0.3, 0.4) is 0 Å². The van der Waals surface area contributed by atoms with Gasteiger partial charge in [0, 0.05) is 17.8 Å². The molecule has 10 heteroatoms. The fourth-order valence-electron chi connectivity index (χ4n) is 5.07. The summed E-state index contributed by atoms with van der Waals surface area (Å²) >= 11 is 0. The molecule has 30 heavy (non-hydrogen) atoms. The van der Waals surface area contributed by atoms with Crippen molar-refractivity contribution in [2.24, 2.45) is 23.7 Å². The zero-order chi connectivity index (χ0) is 21.6. The predicted octanol–water partition coefficient (Wildman–Crippen LogP) is 1.50. The molecule has 1 aromatic rings. The molecule has 1 aromatic carbocycles. The highest BCUT2D eigenvalue weighted by molar-refractivity contribution is 6.08. The number of nitrogens with one attached hydrogen (secondary N) is 1. The van der Waals surface area contributed by atoms with Gasteiger partial charge in [0.2, 0.25) is 11.8 Å². The average molecular weight is 415 g/mol. The summed E-state index contributed by atoms with van der Waals surface area (Å²) in [5.74, 6) is -2.41. The van der Waals surface area contributed by atoms with E-state index in [-0.39, 0.29) is 46.9 Å². The van der Waals surface area contributed by atoms with Crippen LogP contribution in [0.5, 0.6) is 0 Å². The third-order valence-corrected chi connectivity index (χ3v) is 6.38. The number of fused-ring (bicyclic) bond motifs is 5. The van der Waals surface area contributed by atoms with E-state index in [9.17, 15) is 29.3 Å². The minimum atomic E-state index is -1.11. The van der Waals surface area contributed by atoms with Crippen LogP contribution in [0, 0.1) is 33.8 Å². The number of hydrogen-bond donors (Lipinski definition) is 1. The van der Waals surface area contributed by atoms with Crippen molar-refractivity contribution in [3.8, 4) is 0 Å². The number of imide groups is 1. The van der Waals surface area contributed by atoms with Gasteiger partial charge in [-0.3, -0.25) is 29.4 Å². The number of non-ortho nitro benzene ring substituents is 1. The molecule has 158 valence electrons. The average Bonchev–Trinajstić information content (AvgIpc) is 3.39. The molecule has 2 bridgehead atoms. The number of benzene rings is 1. The fourth-order valence-corrected chi connectivity index (χ4v) is 5.07. The number of carbonyl (C=O) groups is 4. The van der Waals surface area contributed by atoms with Gasteiger partial charge < -0.3 is 10.1 Å². The molecule has 0 radical (unpaired) electrons. The minimum Gasteiger partial charge on any atom is -0.454 e. The largest absolute Gasteiger partial charge is 0.454 e. The van der Waals surface area contributed by atoms with Crippen LogP contribution in [0.1, 0.15) is 26.2 Å². The number of hydrogen-bond acceptors (Lipinski definition) is 7. The van der Waals surface area contributed by atoms with Crippen LogP contribution in [0.15, 0.2) is 24.3 Å². The van der Waals surface area contributed by atoms with E-state index in [1.54, 1.807) is 0 Å². The van der Waals surface area contributed by atoms with Gasteiger partial charge in [0.1, 0.15) is 6.04 Å². The van der Waals surface area contributed by atoms with Crippen LogP contribution in [0.2, 0.25) is 0 Å². The van der Waals surface area contributed by atoms with Crippen LogP contribution < -0.4 is 5.32 Å². The van der Waals surface area contributed by atoms with Gasteiger partial charge >= 0.3 is 5.97 Å². The number of nitro benzene ring substituents is 1. The summed E-state index contributed by atoms with van der Waals surface area (Å²) in [6.45, 7) is 0.778. The van der Waals surface area contributed by atoms with Crippen LogP contribution in [-0.2, 0) is 23.9 Å². The van der Waals surface area contributed by atoms with Gasteiger partial charge in [-0.25, -0.2) is 4.79 Å². The Morgan fingerprint density at radius 3 is 2.47 bits per heavy atom. The van der Waals surface area contributed by atoms with E-state index in [2.05, 4.69) is 5.32 Å². The lowest BCUT2D eigenvalue weighted by Gasteiger charge is -2.23. The number of rotatable bonds is 6. The molecule has 3 aliphatic rings. The molecular weight excluding hydrogens is 394 g/mol. The molecule has 1 aliphatic heterocycles. The van der Waals surface area contributed by atoms with Gasteiger partial charge in [0.25, 0.3) is 11.6 Å². The Bertz CT molecular complexity index is 918. The third kappa shape index (κ3) is 3.31. The number of amides is 3. The summed E-state index contributed by atoms with van der Waals surface area (Å²) in [6.07, 6.45) is 2.78. The van der Waals surface area contributed by atoms with Crippen LogP contribution in [0.4, 0.5) is 11.4 Å². The van der Waals surface area contributed by atoms with Gasteiger partial charge in [0.15, 0.2) is 6.61 Å². The highest BCUT2D eigenvalue weighted by Gasteiger charge is 2.62. The number of nitro groups is 1. The molecule has 3 fully saturated rings. The predicted molar refractivity (Wildman–Crippen MR) is 102 cm³/mol. The summed E-state index contributed by atoms with van der Waals surface area (Å²) in [5, 5.41) is 13.2. The van der Waals surface area contributed by atoms with Gasteiger partial charge in [-0.05, 0) is 44.1 Å². The maximum atomic E-state index is 12.8. The van der Waals surface area contributed by atoms with Crippen LogP contribution in [-0.4, -0.2) is 46.2 Å². The summed E-state index contributed by atoms with van der Waals surface area (Å²) < 4.78 is 4.99. The molecule has 2 aliphatic carbocycles. The van der Waals surface area contributed by atoms with Gasteiger partial charge in [0.05, 0.1) is 16.8 Å². The number of ether oxygens (including phenoxy) is 1. The highest BCUT2D eigenvalue weighted by atomic mass is 16.6. The normalized spacial score (nSPS) is 27.7. The maximum Gasteiger partial charge on any atom is 0.329 e. The summed E-state index contributed by atoms with van der Waals surface area (Å²) in [5.41, 5.74) is -0.00418. The number of nitrogens with zero attached hydrogens (tertiary/aromatic N) is 2. The summed E-state index contributed by atoms with van der Waals surface area (Å²) in [6, 6.07) is 4.22. The lowest BCUT2D eigenvalue weighted by molar-refractivity contribution is -0.384. The monoisotopic (exact) mass is 415 g/mol. The van der Waals surface area contributed by atoms with E-state index >= 15 is 0 Å². The standard InChI is InChI=1S/C20H21N3O7/c1-10(22-18(25)16-11-5-6-12(7-11)17(16)19(22)26)20(27)30-9-15(24)21-13-3-2-4-14(8-13)23(28)29/h2-4,8,10-12,16-17H,5-7,9H2,1H3,(H,21,24)/t10-,11-,12+,16-,17-/m0/s1. The van der Waals surface area contributed by atoms with Crippen molar-refractivity contribution in [2.75, 3.05) is 11.9 Å². The second-order valence-corrected chi connectivity index (χ2v) is 8.07. The molecule has 0 aromatic heterocycles. The number of anilines is 1. The van der Waals surface area contributed by atoms with Crippen molar-refractivity contribution < 1.29 is 28.8 Å². The topological polar surface area (TPSA) is 136 Å². The van der Waals surface area contributed by atoms with Crippen LogP contribution >= 0.6 is 0 Å². The molecule has 1 heterocycles. The Balaban J connectivity index is 1.33. The van der Waals surface area contributed by atoms with E-state index in [1.807, 2.05) is 0 Å². The first-order valence-corrected chi connectivity index (χ1v) is 9.85. The lowest BCUT2D eigenvalue weighted by Crippen LogP contribution is -2.45. The quantitative estimate of drug-likeness (QED) is 0.322. The van der Waals surface area contributed by atoms with E-state index in [0.717, 1.165) is 24.2 Å². The van der Waals surface area contributed by atoms with Crippen molar-refractivity contribution >= 4 is 35.1 Å². The molecular formula is C20H21N3O7. The molecule has 10 nitrogen and oxygen atoms in total. The zero-order valence-corrected chi connectivity index (χ0v) is 16.3. The Kier molecular flexibility index (Phi) is 5.00. The van der Waals surface area contributed by atoms with Crippen molar-refractivity contribution in [2.45, 2.75) is 32.2 Å². The molecule has 0 spiro atoms. The molecule has 5 atom stereocenters. The molecule has 1 saturated heterocycles. The maximum absolute atomic E-state index is 12.8. The van der Waals surface area contributed by atoms with Gasteiger partial charge in [-0.15, -0.1) is 0 Å². The number of likely N-dealkylation sites (tertiary alicyclic amines) is 1. The van der Waals surface area contributed by atoms with E-state index in [4.69, 9.17) is 4.74 Å². The lowest BCUT2D eigenvalue weighted by atomic mass is 9.81. The summed E-state index contributed by atoms with van der Waals surface area (Å²) in [7, 11) is 0. The smallest absolute Gasteiger partial charge is 0.329 e. The Morgan fingerprint density at radius 2 is 1.87 bits per heavy atom. The van der Waals surface area contributed by atoms with E-state index in [0.29, 0.717) is 0 Å². The number of esters is 1. The van der Waals surface area contributed by atoms with Crippen LogP contribution in [0.25, 0.3) is 0 Å². The Hall–Kier alpha value is -3.30. The molecule has 1 N–H and O–H groups in total. The fraction of sp³-hybridized carbons (Fsp3) is 0.500. The molecule has 2 saturated carbocycles. The first-order chi connectivity index (χ1) is 14.3. The van der Waals surface area contributed by atoms with E-state index < -0.39 is 29.4 Å². The Morgan fingerprint density at radius 1 is 1.23 bits per heavy atom. The minimum absolute atomic E-state index is 0.187. The highest BCUT2D eigenvalue weighted by Crippen LogP contribution is 2.56. The van der Waals surface area contributed by atoms with Crippen molar-refractivity contribution in [3.05, 3.63) is 34.4 Å². The van der Waals surface area contributed by atoms with Gasteiger partial charge in [-0.1, -0.05) is 6.07 Å². The Labute approximate surface area is 171 Å². The molecule has 0 unspecified atom stereocenters. The van der Waals surface area contributed by atoms with E-state index in [1.165, 1.54) is 31.2 Å². The second-order valence-electron chi connectivity index (χ2n) is 8.07. The SMILES string of the molecule is C[C@@H](C(=O)OCC(=O)Nc1cccc([N+](=O)[O-])c1)N1C(=O)[C@H]2[C@@H]3CC[C@@H](C3)[C@@H]2C1=O.